The molecule has 0 saturated heterocycles. The van der Waals surface area contributed by atoms with Crippen LogP contribution in [0, 0.1) is 5.41 Å². The van der Waals surface area contributed by atoms with E-state index in [1.165, 1.54) is 0 Å². The lowest BCUT2D eigenvalue weighted by molar-refractivity contribution is -0.158. The smallest absolute Gasteiger partial charge is 0.319 e. The number of ether oxygens (including phenoxy) is 1. The van der Waals surface area contributed by atoms with Gasteiger partial charge in [0.05, 0.1) is 6.61 Å². The zero-order chi connectivity index (χ0) is 12.2. The standard InChI is InChI=1S/C12H17BrO3/c1-3-16-11(15)12(7-9(2)8-13)6-4-5-10(12)14/h8H,3-7H2,1-2H3/b9-8+. The number of rotatable bonds is 4. The Balaban J connectivity index is 2.93. The van der Waals surface area contributed by atoms with Crippen molar-refractivity contribution >= 4 is 27.7 Å². The Morgan fingerprint density at radius 2 is 2.31 bits per heavy atom. The van der Waals surface area contributed by atoms with Gasteiger partial charge in [-0.15, -0.1) is 0 Å². The van der Waals surface area contributed by atoms with Gasteiger partial charge in [-0.1, -0.05) is 21.5 Å². The lowest BCUT2D eigenvalue weighted by Gasteiger charge is -2.25. The molecule has 0 amide bonds. The van der Waals surface area contributed by atoms with E-state index in [0.717, 1.165) is 12.0 Å². The molecular formula is C12H17BrO3. The van der Waals surface area contributed by atoms with Crippen LogP contribution in [0.15, 0.2) is 10.6 Å². The minimum Gasteiger partial charge on any atom is -0.465 e. The number of ketones is 1. The fourth-order valence-corrected chi connectivity index (χ4v) is 2.35. The maximum absolute atomic E-state index is 11.9. The second kappa shape index (κ2) is 5.62. The number of carbonyl (C=O) groups excluding carboxylic acids is 2. The van der Waals surface area contributed by atoms with Crippen molar-refractivity contribution in [2.45, 2.75) is 39.5 Å². The molecule has 3 nitrogen and oxygen atoms in total. The first-order chi connectivity index (χ1) is 7.56. The van der Waals surface area contributed by atoms with E-state index in [-0.39, 0.29) is 11.8 Å². The van der Waals surface area contributed by atoms with Gasteiger partial charge in [-0.3, -0.25) is 9.59 Å². The zero-order valence-corrected chi connectivity index (χ0v) is 11.3. The quantitative estimate of drug-likeness (QED) is 0.590. The van der Waals surface area contributed by atoms with E-state index in [0.29, 0.717) is 25.9 Å². The lowest BCUT2D eigenvalue weighted by atomic mass is 9.79. The van der Waals surface area contributed by atoms with Crippen LogP contribution in [0.25, 0.3) is 0 Å². The molecule has 0 aliphatic heterocycles. The molecule has 0 spiro atoms. The van der Waals surface area contributed by atoms with Crippen molar-refractivity contribution in [3.8, 4) is 0 Å². The maximum Gasteiger partial charge on any atom is 0.319 e. The van der Waals surface area contributed by atoms with Gasteiger partial charge in [0.15, 0.2) is 5.78 Å². The van der Waals surface area contributed by atoms with Crippen LogP contribution in [0.3, 0.4) is 0 Å². The Hall–Kier alpha value is -0.640. The summed E-state index contributed by atoms with van der Waals surface area (Å²) in [6.45, 7) is 3.99. The molecule has 1 rings (SSSR count). The molecule has 0 bridgehead atoms. The third-order valence-electron chi connectivity index (χ3n) is 2.97. The lowest BCUT2D eigenvalue weighted by Crippen LogP contribution is -2.37. The number of allylic oxidation sites excluding steroid dienone is 1. The van der Waals surface area contributed by atoms with Gasteiger partial charge < -0.3 is 4.74 Å². The molecule has 1 saturated carbocycles. The van der Waals surface area contributed by atoms with Crippen LogP contribution < -0.4 is 0 Å². The van der Waals surface area contributed by atoms with Gasteiger partial charge >= 0.3 is 5.97 Å². The molecule has 4 heteroatoms. The molecular weight excluding hydrogens is 272 g/mol. The number of halogens is 1. The maximum atomic E-state index is 11.9. The number of esters is 1. The summed E-state index contributed by atoms with van der Waals surface area (Å²) in [6, 6.07) is 0. The summed E-state index contributed by atoms with van der Waals surface area (Å²) in [4.78, 5) is 25.6. The molecule has 0 N–H and O–H groups in total. The predicted octanol–water partition coefficient (Wildman–Crippen LogP) is 2.98. The summed E-state index contributed by atoms with van der Waals surface area (Å²) >= 11 is 3.23. The molecule has 1 aliphatic carbocycles. The summed E-state index contributed by atoms with van der Waals surface area (Å²) in [6.07, 6.45) is 2.36. The van der Waals surface area contributed by atoms with E-state index in [1.807, 2.05) is 6.92 Å². The number of carbonyl (C=O) groups is 2. The van der Waals surface area contributed by atoms with Crippen molar-refractivity contribution in [1.82, 2.24) is 0 Å². The molecule has 16 heavy (non-hydrogen) atoms. The van der Waals surface area contributed by atoms with E-state index in [2.05, 4.69) is 15.9 Å². The van der Waals surface area contributed by atoms with E-state index < -0.39 is 5.41 Å². The highest BCUT2D eigenvalue weighted by Crippen LogP contribution is 2.41. The number of hydrogen-bond donors (Lipinski definition) is 0. The SMILES string of the molecule is CCOC(=O)C1(C/C(C)=C/Br)CCCC1=O. The van der Waals surface area contributed by atoms with E-state index in [9.17, 15) is 9.59 Å². The second-order valence-electron chi connectivity index (χ2n) is 4.21. The highest BCUT2D eigenvalue weighted by Gasteiger charge is 2.49. The largest absolute Gasteiger partial charge is 0.465 e. The minimum atomic E-state index is -0.912. The Morgan fingerprint density at radius 3 is 2.75 bits per heavy atom. The molecule has 0 radical (unpaired) electrons. The minimum absolute atomic E-state index is 0.0275. The molecule has 1 unspecified atom stereocenters. The van der Waals surface area contributed by atoms with E-state index in [1.54, 1.807) is 11.9 Å². The van der Waals surface area contributed by atoms with Crippen LogP contribution in [0.2, 0.25) is 0 Å². The topological polar surface area (TPSA) is 43.4 Å². The first kappa shape index (κ1) is 13.4. The van der Waals surface area contributed by atoms with E-state index in [4.69, 9.17) is 4.74 Å². The Morgan fingerprint density at radius 1 is 1.62 bits per heavy atom. The molecule has 0 heterocycles. The van der Waals surface area contributed by atoms with E-state index >= 15 is 0 Å². The summed E-state index contributed by atoms with van der Waals surface area (Å²) in [5.74, 6) is -0.328. The van der Waals surface area contributed by atoms with Crippen LogP contribution in [0.4, 0.5) is 0 Å². The molecule has 1 atom stereocenters. The van der Waals surface area contributed by atoms with Crippen molar-refractivity contribution in [3.63, 3.8) is 0 Å². The Kier molecular flexibility index (Phi) is 4.71. The first-order valence-corrected chi connectivity index (χ1v) is 6.44. The average molecular weight is 289 g/mol. The predicted molar refractivity (Wildman–Crippen MR) is 65.2 cm³/mol. The van der Waals surface area contributed by atoms with Crippen molar-refractivity contribution in [1.29, 1.82) is 0 Å². The Bertz CT molecular complexity index is 322. The van der Waals surface area contributed by atoms with Gasteiger partial charge in [-0.25, -0.2) is 0 Å². The highest BCUT2D eigenvalue weighted by molar-refractivity contribution is 9.11. The van der Waals surface area contributed by atoms with Gasteiger partial charge in [0.25, 0.3) is 0 Å². The molecule has 0 aromatic rings. The monoisotopic (exact) mass is 288 g/mol. The van der Waals surface area contributed by atoms with Crippen molar-refractivity contribution in [2.75, 3.05) is 6.61 Å². The second-order valence-corrected chi connectivity index (χ2v) is 4.67. The zero-order valence-electron chi connectivity index (χ0n) is 9.72. The third-order valence-corrected chi connectivity index (χ3v) is 3.76. The van der Waals surface area contributed by atoms with Gasteiger partial charge in [-0.05, 0) is 38.1 Å². The van der Waals surface area contributed by atoms with Crippen molar-refractivity contribution < 1.29 is 14.3 Å². The van der Waals surface area contributed by atoms with Crippen LogP contribution in [-0.2, 0) is 14.3 Å². The molecule has 90 valence electrons. The van der Waals surface area contributed by atoms with Crippen LogP contribution in [0.5, 0.6) is 0 Å². The third kappa shape index (κ3) is 2.54. The van der Waals surface area contributed by atoms with Crippen molar-refractivity contribution in [3.05, 3.63) is 10.6 Å². The van der Waals surface area contributed by atoms with Crippen molar-refractivity contribution in [2.24, 2.45) is 5.41 Å². The van der Waals surface area contributed by atoms with Gasteiger partial charge in [-0.2, -0.15) is 0 Å². The summed E-state index contributed by atoms with van der Waals surface area (Å²) in [5.41, 5.74) is 0.0768. The van der Waals surface area contributed by atoms with Crippen LogP contribution in [0.1, 0.15) is 39.5 Å². The summed E-state index contributed by atoms with van der Waals surface area (Å²) < 4.78 is 5.04. The molecule has 1 fully saturated rings. The number of Topliss-reactive ketones (excluding diaryl/α,β-unsaturated/α-hetero) is 1. The normalized spacial score (nSPS) is 25.9. The molecule has 0 aromatic carbocycles. The Labute approximate surface area is 104 Å². The van der Waals surface area contributed by atoms with Gasteiger partial charge in [0, 0.05) is 6.42 Å². The first-order valence-electron chi connectivity index (χ1n) is 5.53. The molecule has 1 aliphatic rings. The summed E-state index contributed by atoms with van der Waals surface area (Å²) in [5, 5.41) is 0. The fraction of sp³-hybridized carbons (Fsp3) is 0.667. The summed E-state index contributed by atoms with van der Waals surface area (Å²) in [7, 11) is 0. The molecule has 0 aromatic heterocycles. The van der Waals surface area contributed by atoms with Gasteiger partial charge in [0.2, 0.25) is 0 Å². The van der Waals surface area contributed by atoms with Crippen LogP contribution >= 0.6 is 15.9 Å². The number of hydrogen-bond acceptors (Lipinski definition) is 3. The van der Waals surface area contributed by atoms with Crippen LogP contribution in [-0.4, -0.2) is 18.4 Å². The average Bonchev–Trinajstić information content (AvgIpc) is 2.61. The highest BCUT2D eigenvalue weighted by atomic mass is 79.9. The fourth-order valence-electron chi connectivity index (χ4n) is 2.19. The van der Waals surface area contributed by atoms with Gasteiger partial charge in [0.1, 0.15) is 5.41 Å².